The number of rotatable bonds is 8. The van der Waals surface area contributed by atoms with Crippen LogP contribution in [0.25, 0.3) is 0 Å². The smallest absolute Gasteiger partial charge is 0.159 e. The normalized spacial score (nSPS) is 12.7. The van der Waals surface area contributed by atoms with Crippen molar-refractivity contribution < 1.29 is 23.4 Å². The van der Waals surface area contributed by atoms with E-state index in [4.69, 9.17) is 9.47 Å². The van der Waals surface area contributed by atoms with Crippen LogP contribution in [0.2, 0.25) is 0 Å². The molecule has 0 saturated carbocycles. The van der Waals surface area contributed by atoms with Gasteiger partial charge in [0.15, 0.2) is 11.6 Å². The molecule has 0 fully saturated rings. The van der Waals surface area contributed by atoms with Crippen molar-refractivity contribution in [2.24, 2.45) is 0 Å². The molecular weight excluding hydrogens is 242 g/mol. The Labute approximate surface area is 105 Å². The minimum atomic E-state index is -0.893. The van der Waals surface area contributed by atoms with Crippen molar-refractivity contribution >= 4 is 0 Å². The quantitative estimate of drug-likeness (QED) is 0.726. The summed E-state index contributed by atoms with van der Waals surface area (Å²) in [5.41, 5.74) is 0.568. The van der Waals surface area contributed by atoms with Crippen molar-refractivity contribution in [1.29, 1.82) is 0 Å². The van der Waals surface area contributed by atoms with E-state index >= 15 is 0 Å². The van der Waals surface area contributed by atoms with E-state index in [1.165, 1.54) is 6.07 Å². The first kappa shape index (κ1) is 15.0. The number of benzene rings is 1. The number of ether oxygens (including phenoxy) is 2. The van der Waals surface area contributed by atoms with Gasteiger partial charge in [-0.3, -0.25) is 0 Å². The fourth-order valence-electron chi connectivity index (χ4n) is 1.50. The van der Waals surface area contributed by atoms with E-state index in [0.29, 0.717) is 31.8 Å². The second-order valence-corrected chi connectivity index (χ2v) is 4.00. The first-order valence-electron chi connectivity index (χ1n) is 5.82. The Morgan fingerprint density at radius 1 is 1.17 bits per heavy atom. The number of hydrogen-bond acceptors (Lipinski definition) is 3. The van der Waals surface area contributed by atoms with Gasteiger partial charge in [0.1, 0.15) is 0 Å². The average molecular weight is 260 g/mol. The highest BCUT2D eigenvalue weighted by Gasteiger charge is 2.08. The molecule has 0 heterocycles. The molecule has 102 valence electrons. The monoisotopic (exact) mass is 260 g/mol. The molecule has 0 aliphatic carbocycles. The van der Waals surface area contributed by atoms with Crippen molar-refractivity contribution in [3.05, 3.63) is 35.4 Å². The molecule has 3 nitrogen and oxygen atoms in total. The average Bonchev–Trinajstić information content (AvgIpc) is 2.34. The molecular formula is C13H18F2O3. The third-order valence-electron chi connectivity index (χ3n) is 2.48. The number of aliphatic hydroxyl groups is 1. The van der Waals surface area contributed by atoms with Crippen LogP contribution < -0.4 is 0 Å². The van der Waals surface area contributed by atoms with E-state index in [-0.39, 0.29) is 6.42 Å². The van der Waals surface area contributed by atoms with Crippen LogP contribution in [0.15, 0.2) is 18.2 Å². The number of halogens is 2. The summed E-state index contributed by atoms with van der Waals surface area (Å²) < 4.78 is 35.6. The molecule has 1 aromatic rings. The van der Waals surface area contributed by atoms with E-state index in [1.807, 2.05) is 0 Å². The van der Waals surface area contributed by atoms with Gasteiger partial charge in [0.05, 0.1) is 19.3 Å². The summed E-state index contributed by atoms with van der Waals surface area (Å²) in [6.07, 6.45) is 0.102. The number of methoxy groups -OCH3 is 1. The molecule has 0 spiro atoms. The van der Waals surface area contributed by atoms with Crippen molar-refractivity contribution in [3.63, 3.8) is 0 Å². The van der Waals surface area contributed by atoms with E-state index < -0.39 is 17.7 Å². The highest BCUT2D eigenvalue weighted by molar-refractivity contribution is 5.18. The molecule has 1 unspecified atom stereocenters. The molecule has 0 aliphatic rings. The SMILES string of the molecule is COCCOCCC(O)Cc1ccc(F)c(F)c1. The summed E-state index contributed by atoms with van der Waals surface area (Å²) in [5, 5.41) is 9.69. The van der Waals surface area contributed by atoms with Crippen LogP contribution in [-0.2, 0) is 15.9 Å². The fourth-order valence-corrected chi connectivity index (χ4v) is 1.50. The van der Waals surface area contributed by atoms with Crippen LogP contribution in [0, 0.1) is 11.6 Å². The Kier molecular flexibility index (Phi) is 6.78. The zero-order chi connectivity index (χ0) is 13.4. The first-order chi connectivity index (χ1) is 8.63. The number of aliphatic hydroxyl groups excluding tert-OH is 1. The van der Waals surface area contributed by atoms with Crippen LogP contribution in [-0.4, -0.2) is 38.1 Å². The molecule has 0 bridgehead atoms. The van der Waals surface area contributed by atoms with Gasteiger partial charge in [-0.05, 0) is 30.5 Å². The Morgan fingerprint density at radius 3 is 2.61 bits per heavy atom. The molecule has 1 atom stereocenters. The zero-order valence-electron chi connectivity index (χ0n) is 10.4. The maximum absolute atomic E-state index is 12.9. The second-order valence-electron chi connectivity index (χ2n) is 4.00. The molecule has 1 N–H and O–H groups in total. The Hall–Kier alpha value is -1.04. The van der Waals surface area contributed by atoms with Crippen molar-refractivity contribution in [1.82, 2.24) is 0 Å². The Morgan fingerprint density at radius 2 is 1.94 bits per heavy atom. The summed E-state index contributed by atoms with van der Waals surface area (Å²) >= 11 is 0. The lowest BCUT2D eigenvalue weighted by molar-refractivity contribution is 0.0479. The van der Waals surface area contributed by atoms with Crippen LogP contribution in [0.4, 0.5) is 8.78 Å². The molecule has 1 aromatic carbocycles. The third kappa shape index (κ3) is 5.53. The maximum atomic E-state index is 12.9. The largest absolute Gasteiger partial charge is 0.393 e. The van der Waals surface area contributed by atoms with E-state index in [9.17, 15) is 13.9 Å². The molecule has 0 aliphatic heterocycles. The Balaban J connectivity index is 2.26. The number of hydrogen-bond donors (Lipinski definition) is 1. The molecule has 0 saturated heterocycles. The maximum Gasteiger partial charge on any atom is 0.159 e. The molecule has 0 radical (unpaired) electrons. The van der Waals surface area contributed by atoms with E-state index in [0.717, 1.165) is 12.1 Å². The van der Waals surface area contributed by atoms with Gasteiger partial charge in [0.2, 0.25) is 0 Å². The summed E-state index contributed by atoms with van der Waals surface area (Å²) in [6, 6.07) is 3.63. The third-order valence-corrected chi connectivity index (χ3v) is 2.48. The van der Waals surface area contributed by atoms with Gasteiger partial charge in [-0.1, -0.05) is 6.07 Å². The summed E-state index contributed by atoms with van der Waals surface area (Å²) in [5.74, 6) is -1.77. The van der Waals surface area contributed by atoms with Gasteiger partial charge in [0, 0.05) is 13.7 Å². The lowest BCUT2D eigenvalue weighted by atomic mass is 10.1. The standard InChI is InChI=1S/C13H18F2O3/c1-17-6-7-18-5-4-11(16)8-10-2-3-12(14)13(15)9-10/h2-3,9,11,16H,4-8H2,1H3. The van der Waals surface area contributed by atoms with E-state index in [1.54, 1.807) is 7.11 Å². The van der Waals surface area contributed by atoms with Gasteiger partial charge in [-0.2, -0.15) is 0 Å². The van der Waals surface area contributed by atoms with Crippen molar-refractivity contribution in [2.45, 2.75) is 18.9 Å². The van der Waals surface area contributed by atoms with Crippen molar-refractivity contribution in [2.75, 3.05) is 26.9 Å². The summed E-state index contributed by atoms with van der Waals surface area (Å²) in [4.78, 5) is 0. The minimum Gasteiger partial charge on any atom is -0.393 e. The topological polar surface area (TPSA) is 38.7 Å². The van der Waals surface area contributed by atoms with Gasteiger partial charge < -0.3 is 14.6 Å². The molecule has 18 heavy (non-hydrogen) atoms. The van der Waals surface area contributed by atoms with Gasteiger partial charge in [-0.15, -0.1) is 0 Å². The highest BCUT2D eigenvalue weighted by atomic mass is 19.2. The highest BCUT2D eigenvalue weighted by Crippen LogP contribution is 2.11. The van der Waals surface area contributed by atoms with Gasteiger partial charge >= 0.3 is 0 Å². The molecule has 5 heteroatoms. The molecule has 0 aromatic heterocycles. The molecule has 0 amide bonds. The van der Waals surface area contributed by atoms with Gasteiger partial charge in [0.25, 0.3) is 0 Å². The van der Waals surface area contributed by atoms with Gasteiger partial charge in [-0.25, -0.2) is 8.78 Å². The summed E-state index contributed by atoms with van der Waals surface area (Å²) in [7, 11) is 1.58. The fraction of sp³-hybridized carbons (Fsp3) is 0.538. The van der Waals surface area contributed by atoms with Crippen LogP contribution in [0.1, 0.15) is 12.0 Å². The molecule has 1 rings (SSSR count). The predicted molar refractivity (Wildman–Crippen MR) is 63.4 cm³/mol. The van der Waals surface area contributed by atoms with Crippen LogP contribution >= 0.6 is 0 Å². The van der Waals surface area contributed by atoms with Crippen LogP contribution in [0.5, 0.6) is 0 Å². The van der Waals surface area contributed by atoms with E-state index in [2.05, 4.69) is 0 Å². The van der Waals surface area contributed by atoms with Crippen LogP contribution in [0.3, 0.4) is 0 Å². The lowest BCUT2D eigenvalue weighted by Crippen LogP contribution is -2.15. The zero-order valence-corrected chi connectivity index (χ0v) is 10.4. The second kappa shape index (κ2) is 8.13. The first-order valence-corrected chi connectivity index (χ1v) is 5.82. The summed E-state index contributed by atoms with van der Waals surface area (Å²) in [6.45, 7) is 1.40. The minimum absolute atomic E-state index is 0.283. The van der Waals surface area contributed by atoms with Crippen molar-refractivity contribution in [3.8, 4) is 0 Å². The Bertz CT molecular complexity index is 358. The predicted octanol–water partition coefficient (Wildman–Crippen LogP) is 1.92. The lowest BCUT2D eigenvalue weighted by Gasteiger charge is -2.11.